The minimum Gasteiger partial charge on any atom is -0.507 e. The van der Waals surface area contributed by atoms with E-state index in [4.69, 9.17) is 14.2 Å². The van der Waals surface area contributed by atoms with Gasteiger partial charge in [0.1, 0.15) is 46.8 Å². The zero-order valence-electron chi connectivity index (χ0n) is 36.3. The number of aromatic nitrogens is 8. The number of Topliss-reactive ketones (excluding diaryl/α,β-unsaturated/α-hetero) is 2. The van der Waals surface area contributed by atoms with E-state index in [1.807, 2.05) is 98.3 Å². The summed E-state index contributed by atoms with van der Waals surface area (Å²) in [7, 11) is 6.90. The number of carbonyl (C=O) groups excluding carboxylic acids is 2. The third-order valence-electron chi connectivity index (χ3n) is 11.5. The summed E-state index contributed by atoms with van der Waals surface area (Å²) >= 11 is 0. The van der Waals surface area contributed by atoms with Crippen LogP contribution in [0.5, 0.6) is 23.0 Å². The third-order valence-corrected chi connectivity index (χ3v) is 11.5. The van der Waals surface area contributed by atoms with Gasteiger partial charge >= 0.3 is 0 Å². The second-order valence-corrected chi connectivity index (χ2v) is 16.8. The van der Waals surface area contributed by atoms with Gasteiger partial charge in [0.25, 0.3) is 0 Å². The highest BCUT2D eigenvalue weighted by Crippen LogP contribution is 2.41. The Morgan fingerprint density at radius 3 is 1.55 bits per heavy atom. The van der Waals surface area contributed by atoms with Crippen molar-refractivity contribution in [3.8, 4) is 56.6 Å². The fourth-order valence-electron chi connectivity index (χ4n) is 7.97. The molecule has 0 radical (unpaired) electrons. The molecule has 0 spiro atoms. The number of hydrogen-bond acceptors (Lipinski definition) is 10. The van der Waals surface area contributed by atoms with E-state index in [1.165, 1.54) is 7.11 Å². The molecule has 330 valence electrons. The van der Waals surface area contributed by atoms with Crippen molar-refractivity contribution in [3.05, 3.63) is 109 Å². The summed E-state index contributed by atoms with van der Waals surface area (Å²) in [6, 6.07) is 19.4. The summed E-state index contributed by atoms with van der Waals surface area (Å²) in [4.78, 5) is 34.8. The maximum atomic E-state index is 13.1. The second-order valence-electron chi connectivity index (χ2n) is 16.8. The first-order valence-corrected chi connectivity index (χ1v) is 21.2. The van der Waals surface area contributed by atoms with Gasteiger partial charge in [0.15, 0.2) is 11.6 Å². The average Bonchev–Trinajstić information content (AvgIpc) is 4.02. The van der Waals surface area contributed by atoms with Crippen LogP contribution in [0.4, 0.5) is 0 Å². The number of fused-ring (bicyclic) bond motifs is 2. The minimum atomic E-state index is -0.0741. The van der Waals surface area contributed by atoms with E-state index in [0.29, 0.717) is 53.2 Å². The number of carbonyl (C=O) groups is 2. The molecule has 2 aliphatic rings. The van der Waals surface area contributed by atoms with Crippen LogP contribution < -0.4 is 14.2 Å². The van der Waals surface area contributed by atoms with Crippen LogP contribution in [-0.4, -0.2) is 75.7 Å². The van der Waals surface area contributed by atoms with Crippen molar-refractivity contribution < 1.29 is 28.9 Å². The van der Waals surface area contributed by atoms with Gasteiger partial charge in [-0.1, -0.05) is 19.6 Å². The van der Waals surface area contributed by atoms with Gasteiger partial charge in [-0.05, 0) is 86.8 Å². The SMILES string of the molecule is C.COc1cc(-n2cnc3cc(-c4cnn(C)c4)ccc32)cc(O)c1C(=O)CC1CC1.COc1cc(-n2cnc3cc(-c4cnn(C)c4)ccc32)cc(OC(C)C)c1C(=O)CC1CC1. The fraction of sp³-hybridized carbons (Fsp3) is 0.320. The highest BCUT2D eigenvalue weighted by atomic mass is 16.5. The fourth-order valence-corrected chi connectivity index (χ4v) is 7.97. The van der Waals surface area contributed by atoms with Crippen molar-refractivity contribution in [2.75, 3.05) is 14.2 Å². The van der Waals surface area contributed by atoms with Crippen LogP contribution in [0.2, 0.25) is 0 Å². The topological polar surface area (TPSA) is 153 Å². The molecule has 14 heteroatoms. The lowest BCUT2D eigenvalue weighted by Gasteiger charge is -2.18. The van der Waals surface area contributed by atoms with Crippen molar-refractivity contribution >= 4 is 33.6 Å². The lowest BCUT2D eigenvalue weighted by molar-refractivity contribution is 0.0959. The molecule has 0 aliphatic heterocycles. The van der Waals surface area contributed by atoms with Crippen LogP contribution in [0.25, 0.3) is 55.7 Å². The summed E-state index contributed by atoms with van der Waals surface area (Å²) in [5.74, 6) is 2.33. The molecule has 0 unspecified atom stereocenters. The van der Waals surface area contributed by atoms with E-state index in [0.717, 1.165) is 75.7 Å². The molecule has 4 heterocycles. The van der Waals surface area contributed by atoms with Crippen molar-refractivity contribution in [2.45, 2.75) is 65.9 Å². The monoisotopic (exact) mass is 862 g/mol. The minimum absolute atomic E-state index is 0. The molecular formula is C50H54N8O6. The largest absolute Gasteiger partial charge is 0.507 e. The van der Waals surface area contributed by atoms with Crippen molar-refractivity contribution in [1.29, 1.82) is 0 Å². The molecule has 64 heavy (non-hydrogen) atoms. The van der Waals surface area contributed by atoms with E-state index in [-0.39, 0.29) is 36.4 Å². The van der Waals surface area contributed by atoms with Gasteiger partial charge in [0.2, 0.25) is 0 Å². The zero-order chi connectivity index (χ0) is 43.9. The van der Waals surface area contributed by atoms with Gasteiger partial charge in [-0.3, -0.25) is 28.1 Å². The normalized spacial score (nSPS) is 13.4. The molecule has 0 bridgehead atoms. The van der Waals surface area contributed by atoms with Gasteiger partial charge in [0, 0.05) is 74.7 Å². The van der Waals surface area contributed by atoms with Gasteiger partial charge < -0.3 is 19.3 Å². The number of ketones is 2. The van der Waals surface area contributed by atoms with Crippen molar-refractivity contribution in [1.82, 2.24) is 38.7 Å². The Labute approximate surface area is 372 Å². The zero-order valence-corrected chi connectivity index (χ0v) is 36.3. The molecule has 4 aromatic carbocycles. The predicted octanol–water partition coefficient (Wildman–Crippen LogP) is 9.96. The number of hydrogen-bond donors (Lipinski definition) is 1. The highest BCUT2D eigenvalue weighted by Gasteiger charge is 2.30. The molecule has 0 atom stereocenters. The quantitative estimate of drug-likeness (QED) is 0.105. The number of rotatable bonds is 14. The van der Waals surface area contributed by atoms with Crippen LogP contribution in [-0.2, 0) is 14.1 Å². The molecule has 1 N–H and O–H groups in total. The standard InChI is InChI=1S/C26H28N4O3.C23H22N4O3.CH4/c1-16(2)33-25-12-20(11-24(32-4)26(25)23(31)9-17-5-6-17)30-15-27-21-10-18(7-8-22(21)30)19-13-28-29(3)14-19;1-26-12-16(11-25-26)15-5-6-19-18(8-15)24-13-27(19)17-9-21(29)23(22(10-17)30-2)20(28)7-14-3-4-14;/h7-8,10-17H,5-6,9H2,1-4H3;5-6,8-14,29H,3-4,7H2,1-2H3;1H4. The van der Waals surface area contributed by atoms with E-state index in [2.05, 4.69) is 32.3 Å². The van der Waals surface area contributed by atoms with Crippen molar-refractivity contribution in [2.24, 2.45) is 25.9 Å². The lowest BCUT2D eigenvalue weighted by atomic mass is 10.0. The van der Waals surface area contributed by atoms with Gasteiger partial charge in [0.05, 0.1) is 66.2 Å². The third kappa shape index (κ3) is 8.99. The number of phenolic OH excluding ortho intramolecular Hbond substituents is 1. The number of aromatic hydroxyl groups is 1. The number of benzene rings is 4. The molecule has 4 aromatic heterocycles. The number of nitrogens with zero attached hydrogens (tertiary/aromatic N) is 8. The maximum absolute atomic E-state index is 13.1. The van der Waals surface area contributed by atoms with Gasteiger partial charge in [-0.2, -0.15) is 10.2 Å². The Bertz CT molecular complexity index is 3000. The molecule has 10 rings (SSSR count). The average molecular weight is 863 g/mol. The summed E-state index contributed by atoms with van der Waals surface area (Å²) in [6.45, 7) is 3.92. The van der Waals surface area contributed by atoms with Gasteiger partial charge in [-0.25, -0.2) is 9.97 Å². The maximum Gasteiger partial charge on any atom is 0.170 e. The van der Waals surface area contributed by atoms with E-state index >= 15 is 0 Å². The molecule has 0 amide bonds. The Hall–Kier alpha value is -7.22. The molecule has 14 nitrogen and oxygen atoms in total. The van der Waals surface area contributed by atoms with Crippen molar-refractivity contribution in [3.63, 3.8) is 0 Å². The summed E-state index contributed by atoms with van der Waals surface area (Å²) < 4.78 is 24.6. The number of phenols is 1. The number of methoxy groups -OCH3 is 2. The molecule has 2 aliphatic carbocycles. The van der Waals surface area contributed by atoms with Crippen LogP contribution >= 0.6 is 0 Å². The Morgan fingerprint density at radius 2 is 1.11 bits per heavy atom. The Balaban J connectivity index is 0.000000173. The number of ether oxygens (including phenoxy) is 3. The molecule has 8 aromatic rings. The first kappa shape index (κ1) is 43.4. The second kappa shape index (κ2) is 17.9. The Morgan fingerprint density at radius 1 is 0.656 bits per heavy atom. The molecule has 2 saturated carbocycles. The Kier molecular flexibility index (Phi) is 12.1. The van der Waals surface area contributed by atoms with E-state index in [1.54, 1.807) is 41.3 Å². The lowest BCUT2D eigenvalue weighted by Crippen LogP contribution is -2.13. The molecule has 2 fully saturated rings. The van der Waals surface area contributed by atoms with Gasteiger partial charge in [-0.15, -0.1) is 0 Å². The summed E-state index contributed by atoms with van der Waals surface area (Å²) in [5.41, 5.74) is 10.0. The first-order chi connectivity index (χ1) is 30.5. The number of aryl methyl sites for hydroxylation is 2. The highest BCUT2D eigenvalue weighted by molar-refractivity contribution is 6.03. The van der Waals surface area contributed by atoms with Crippen LogP contribution in [0.15, 0.2) is 98.1 Å². The molecule has 0 saturated heterocycles. The smallest absolute Gasteiger partial charge is 0.170 e. The number of imidazole rings is 2. The summed E-state index contributed by atoms with van der Waals surface area (Å²) in [5, 5.41) is 19.1. The van der Waals surface area contributed by atoms with Crippen LogP contribution in [0, 0.1) is 11.8 Å². The van der Waals surface area contributed by atoms with Crippen LogP contribution in [0.3, 0.4) is 0 Å². The van der Waals surface area contributed by atoms with E-state index < -0.39 is 0 Å². The van der Waals surface area contributed by atoms with Crippen LogP contribution in [0.1, 0.15) is 80.5 Å². The predicted molar refractivity (Wildman–Crippen MR) is 247 cm³/mol. The summed E-state index contributed by atoms with van der Waals surface area (Å²) in [6.07, 6.45) is 16.4. The first-order valence-electron chi connectivity index (χ1n) is 21.2. The van der Waals surface area contributed by atoms with E-state index in [9.17, 15) is 14.7 Å². The molecular weight excluding hydrogens is 809 g/mol.